The van der Waals surface area contributed by atoms with Crippen molar-refractivity contribution in [1.29, 1.82) is 0 Å². The smallest absolute Gasteiger partial charge is 0.234 e. The van der Waals surface area contributed by atoms with E-state index in [2.05, 4.69) is 11.0 Å². The number of amides is 3. The van der Waals surface area contributed by atoms with Gasteiger partial charge in [0.25, 0.3) is 0 Å². The minimum absolute atomic E-state index is 0.0358. The second-order valence-corrected chi connectivity index (χ2v) is 9.14. The van der Waals surface area contributed by atoms with E-state index in [0.29, 0.717) is 32.7 Å². The number of primary amides is 1. The van der Waals surface area contributed by atoms with Crippen LogP contribution in [0.5, 0.6) is 5.75 Å². The number of benzene rings is 2. The number of hydrogen-bond acceptors (Lipinski definition) is 6. The Hall–Kier alpha value is -3.43. The van der Waals surface area contributed by atoms with E-state index < -0.39 is 11.9 Å². The molecule has 3 amide bonds. The van der Waals surface area contributed by atoms with Crippen LogP contribution in [0.1, 0.15) is 37.3 Å². The Kier molecular flexibility index (Phi) is 9.84. The average molecular weight is 496 g/mol. The van der Waals surface area contributed by atoms with E-state index in [4.69, 9.17) is 16.2 Å². The maximum absolute atomic E-state index is 13.3. The molecule has 3 rings (SSSR count). The highest BCUT2D eigenvalue weighted by atomic mass is 16.5. The van der Waals surface area contributed by atoms with Gasteiger partial charge in [0.15, 0.2) is 0 Å². The summed E-state index contributed by atoms with van der Waals surface area (Å²) in [7, 11) is 1.65. The summed E-state index contributed by atoms with van der Waals surface area (Å²) in [6.45, 7) is 5.13. The molecule has 9 nitrogen and oxygen atoms in total. The molecule has 0 spiro atoms. The second kappa shape index (κ2) is 13.0. The maximum atomic E-state index is 13.3. The number of nitrogens with zero attached hydrogens (tertiary/aromatic N) is 3. The quantitative estimate of drug-likeness (QED) is 0.605. The van der Waals surface area contributed by atoms with Crippen molar-refractivity contribution in [3.8, 4) is 5.75 Å². The highest BCUT2D eigenvalue weighted by molar-refractivity contribution is 5.92. The van der Waals surface area contributed by atoms with Gasteiger partial charge in [0.2, 0.25) is 17.7 Å². The van der Waals surface area contributed by atoms with Gasteiger partial charge in [-0.3, -0.25) is 19.3 Å². The first-order chi connectivity index (χ1) is 17.3. The molecule has 2 aromatic rings. The van der Waals surface area contributed by atoms with Crippen molar-refractivity contribution >= 4 is 23.4 Å². The molecule has 0 aliphatic carbocycles. The number of carbonyl (C=O) groups is 3. The van der Waals surface area contributed by atoms with Crippen LogP contribution in [0.2, 0.25) is 0 Å². The van der Waals surface area contributed by atoms with E-state index in [1.54, 1.807) is 23.8 Å². The topological polar surface area (TPSA) is 122 Å². The van der Waals surface area contributed by atoms with Gasteiger partial charge in [-0.15, -0.1) is 0 Å². The summed E-state index contributed by atoms with van der Waals surface area (Å²) in [6.07, 6.45) is 1.11. The van der Waals surface area contributed by atoms with Crippen LogP contribution in [-0.2, 0) is 27.5 Å². The Labute approximate surface area is 213 Å². The largest absolute Gasteiger partial charge is 0.497 e. The predicted octanol–water partition coefficient (Wildman–Crippen LogP) is 1.88. The van der Waals surface area contributed by atoms with E-state index in [1.165, 1.54) is 0 Å². The minimum atomic E-state index is -0.858. The summed E-state index contributed by atoms with van der Waals surface area (Å²) in [4.78, 5) is 43.0. The van der Waals surface area contributed by atoms with Crippen molar-refractivity contribution in [2.75, 3.05) is 38.2 Å². The van der Waals surface area contributed by atoms with Crippen molar-refractivity contribution in [2.45, 2.75) is 45.3 Å². The van der Waals surface area contributed by atoms with E-state index in [9.17, 15) is 14.4 Å². The third kappa shape index (κ3) is 7.53. The Morgan fingerprint density at radius 2 is 1.81 bits per heavy atom. The molecule has 4 N–H and O–H groups in total. The van der Waals surface area contributed by atoms with Crippen LogP contribution >= 0.6 is 0 Å². The highest BCUT2D eigenvalue weighted by Crippen LogP contribution is 2.24. The molecule has 194 valence electrons. The van der Waals surface area contributed by atoms with Gasteiger partial charge in [0.1, 0.15) is 5.75 Å². The van der Waals surface area contributed by atoms with Crippen molar-refractivity contribution < 1.29 is 19.1 Å². The lowest BCUT2D eigenvalue weighted by Crippen LogP contribution is -2.40. The van der Waals surface area contributed by atoms with Crippen molar-refractivity contribution in [3.05, 3.63) is 59.7 Å². The van der Waals surface area contributed by atoms with E-state index in [-0.39, 0.29) is 24.7 Å². The fourth-order valence-corrected chi connectivity index (χ4v) is 4.45. The number of rotatable bonds is 7. The number of ether oxygens (including phenoxy) is 1. The number of methoxy groups -OCH3 is 1. The Balaban J connectivity index is 1.86. The van der Waals surface area contributed by atoms with Gasteiger partial charge in [-0.2, -0.15) is 0 Å². The lowest BCUT2D eigenvalue weighted by atomic mass is 10.1. The summed E-state index contributed by atoms with van der Waals surface area (Å²) >= 11 is 0. The number of anilines is 1. The monoisotopic (exact) mass is 495 g/mol. The van der Waals surface area contributed by atoms with Gasteiger partial charge >= 0.3 is 0 Å². The van der Waals surface area contributed by atoms with Crippen molar-refractivity contribution in [1.82, 2.24) is 9.80 Å². The Morgan fingerprint density at radius 1 is 1.03 bits per heavy atom. The van der Waals surface area contributed by atoms with Crippen LogP contribution in [0.3, 0.4) is 0 Å². The first-order valence-corrected chi connectivity index (χ1v) is 12.3. The molecule has 9 heteroatoms. The highest BCUT2D eigenvalue weighted by Gasteiger charge is 2.23. The van der Waals surface area contributed by atoms with Crippen LogP contribution in [0, 0.1) is 0 Å². The minimum Gasteiger partial charge on any atom is -0.497 e. The molecule has 1 aliphatic heterocycles. The molecule has 0 saturated heterocycles. The third-order valence-electron chi connectivity index (χ3n) is 6.49. The van der Waals surface area contributed by atoms with Gasteiger partial charge in [-0.05, 0) is 42.2 Å². The van der Waals surface area contributed by atoms with Gasteiger partial charge in [0.05, 0.1) is 13.2 Å². The lowest BCUT2D eigenvalue weighted by Gasteiger charge is -2.28. The molecule has 0 fully saturated rings. The molecule has 0 radical (unpaired) electrons. The molecule has 0 unspecified atom stereocenters. The van der Waals surface area contributed by atoms with E-state index in [0.717, 1.165) is 35.5 Å². The summed E-state index contributed by atoms with van der Waals surface area (Å²) in [5, 5.41) is 0. The molecule has 0 bridgehead atoms. The van der Waals surface area contributed by atoms with E-state index >= 15 is 0 Å². The molecule has 1 aliphatic rings. The molecular formula is C27H37N5O4. The fraction of sp³-hybridized carbons (Fsp3) is 0.444. The number of nitrogens with two attached hydrogens (primary N) is 2. The molecule has 1 atom stereocenters. The van der Waals surface area contributed by atoms with Crippen molar-refractivity contribution in [2.24, 2.45) is 11.5 Å². The number of fused-ring (bicyclic) bond motifs is 1. The van der Waals surface area contributed by atoms with Crippen LogP contribution in [-0.4, -0.2) is 66.9 Å². The van der Waals surface area contributed by atoms with Crippen molar-refractivity contribution in [3.63, 3.8) is 0 Å². The summed E-state index contributed by atoms with van der Waals surface area (Å²) in [5.41, 5.74) is 13.9. The first-order valence-electron chi connectivity index (χ1n) is 12.3. The standard InChI is InChI=1S/C27H37N5O4/c1-20(33)32-14-6-13-30(18-21-7-5-9-23(17-21)36-2)15-16-31(19-22-8-3-4-10-25(22)32)26(34)12-11-24(28)27(29)35/h3-5,7-10,17,24H,6,11-16,18-19,28H2,1-2H3,(H2,29,35)/t24-/m0/s1. The van der Waals surface area contributed by atoms with Crippen LogP contribution < -0.4 is 21.1 Å². The summed E-state index contributed by atoms with van der Waals surface area (Å²) in [6, 6.07) is 14.8. The van der Waals surface area contributed by atoms with Gasteiger partial charge in [-0.25, -0.2) is 0 Å². The second-order valence-electron chi connectivity index (χ2n) is 9.14. The molecule has 36 heavy (non-hydrogen) atoms. The molecule has 0 saturated carbocycles. The van der Waals surface area contributed by atoms with Crippen LogP contribution in [0.15, 0.2) is 48.5 Å². The average Bonchev–Trinajstić information content (AvgIpc) is 2.90. The summed E-state index contributed by atoms with van der Waals surface area (Å²) < 4.78 is 5.37. The SMILES string of the molecule is COc1cccc(CN2CCCN(C(C)=O)c3ccccc3CN(C(=O)CC[C@H](N)C(N)=O)CC2)c1. The number of carbonyl (C=O) groups excluding carboxylic acids is 3. The first kappa shape index (κ1) is 27.2. The van der Waals surface area contributed by atoms with E-state index in [1.807, 2.05) is 42.5 Å². The molecule has 2 aromatic carbocycles. The number of hydrogen-bond donors (Lipinski definition) is 2. The normalized spacial score (nSPS) is 16.0. The van der Waals surface area contributed by atoms with Gasteiger partial charge in [0, 0.05) is 58.3 Å². The maximum Gasteiger partial charge on any atom is 0.234 e. The van der Waals surface area contributed by atoms with Gasteiger partial charge < -0.3 is 26.0 Å². The Bertz CT molecular complexity index is 1060. The summed E-state index contributed by atoms with van der Waals surface area (Å²) in [5.74, 6) is 0.0427. The zero-order chi connectivity index (χ0) is 26.1. The zero-order valence-electron chi connectivity index (χ0n) is 21.2. The zero-order valence-corrected chi connectivity index (χ0v) is 21.2. The van der Waals surface area contributed by atoms with Crippen LogP contribution in [0.25, 0.3) is 0 Å². The number of para-hydroxylation sites is 1. The predicted molar refractivity (Wildman–Crippen MR) is 139 cm³/mol. The fourth-order valence-electron chi connectivity index (χ4n) is 4.45. The molecular weight excluding hydrogens is 458 g/mol. The Morgan fingerprint density at radius 3 is 2.53 bits per heavy atom. The molecule has 1 heterocycles. The lowest BCUT2D eigenvalue weighted by molar-refractivity contribution is -0.132. The van der Waals surface area contributed by atoms with Gasteiger partial charge in [-0.1, -0.05) is 30.3 Å². The molecule has 0 aromatic heterocycles. The van der Waals surface area contributed by atoms with Crippen LogP contribution in [0.4, 0.5) is 5.69 Å². The third-order valence-corrected chi connectivity index (χ3v) is 6.49.